The summed E-state index contributed by atoms with van der Waals surface area (Å²) in [6, 6.07) is 17.1. The predicted octanol–water partition coefficient (Wildman–Crippen LogP) is 7.24. The van der Waals surface area contributed by atoms with E-state index in [0.717, 1.165) is 36.0 Å². The number of allylic oxidation sites excluding steroid dienone is 1. The Morgan fingerprint density at radius 1 is 1.05 bits per heavy atom. The van der Waals surface area contributed by atoms with Crippen LogP contribution in [0.2, 0.25) is 0 Å². The van der Waals surface area contributed by atoms with Crippen molar-refractivity contribution in [2.75, 3.05) is 0 Å². The van der Waals surface area contributed by atoms with E-state index in [1.54, 1.807) is 18.2 Å². The molecule has 1 heterocycles. The number of hydrogen-bond donors (Lipinski definition) is 1. The van der Waals surface area contributed by atoms with Crippen LogP contribution in [-0.2, 0) is 6.42 Å². The fourth-order valence-corrected chi connectivity index (χ4v) is 5.12. The summed E-state index contributed by atoms with van der Waals surface area (Å²) in [6.45, 7) is 9.79. The maximum absolute atomic E-state index is 13.5. The second-order valence-electron chi connectivity index (χ2n) is 9.67. The van der Waals surface area contributed by atoms with Crippen LogP contribution in [0.15, 0.2) is 69.9 Å². The maximum atomic E-state index is 13.5. The van der Waals surface area contributed by atoms with Crippen LogP contribution in [0.25, 0.3) is 28.4 Å². The lowest BCUT2D eigenvalue weighted by atomic mass is 9.56. The summed E-state index contributed by atoms with van der Waals surface area (Å²) in [5, 5.41) is 10.2. The Morgan fingerprint density at radius 2 is 1.82 bits per heavy atom. The maximum Gasteiger partial charge on any atom is 0.335 e. The van der Waals surface area contributed by atoms with Gasteiger partial charge in [0.05, 0.1) is 10.9 Å². The average molecular weight is 505 g/mol. The number of aromatic carboxylic acids is 1. The molecule has 1 aliphatic carbocycles. The van der Waals surface area contributed by atoms with E-state index in [2.05, 4.69) is 24.3 Å². The van der Waals surface area contributed by atoms with Crippen molar-refractivity contribution in [3.05, 3.63) is 104 Å². The van der Waals surface area contributed by atoms with Gasteiger partial charge in [0.15, 0.2) is 12.7 Å². The lowest BCUT2D eigenvalue weighted by Gasteiger charge is -2.17. The Hall–Kier alpha value is -3.86. The number of benzene rings is 3. The van der Waals surface area contributed by atoms with E-state index in [4.69, 9.17) is 4.42 Å². The van der Waals surface area contributed by atoms with Gasteiger partial charge in [-0.15, -0.1) is 0 Å². The molecule has 0 amide bonds. The molecule has 0 aliphatic heterocycles. The topological polar surface area (TPSA) is 67.5 Å². The number of carbonyl (C=O) groups is 1. The molecule has 38 heavy (non-hydrogen) atoms. The lowest BCUT2D eigenvalue weighted by Crippen LogP contribution is -2.26. The Morgan fingerprint density at radius 3 is 2.58 bits per heavy atom. The van der Waals surface area contributed by atoms with Crippen LogP contribution in [0.1, 0.15) is 77.6 Å². The van der Waals surface area contributed by atoms with Gasteiger partial charge in [-0.2, -0.15) is 0 Å². The van der Waals surface area contributed by atoms with Crippen LogP contribution in [0.5, 0.6) is 0 Å². The third kappa shape index (κ3) is 5.38. The molecule has 1 aliphatic rings. The molecule has 4 nitrogen and oxygen atoms in total. The van der Waals surface area contributed by atoms with Gasteiger partial charge in [-0.3, -0.25) is 4.79 Å². The largest absolute Gasteiger partial charge is 0.478 e. The van der Waals surface area contributed by atoms with Crippen molar-refractivity contribution < 1.29 is 14.3 Å². The molecule has 5 rings (SSSR count). The number of carboxylic acid groups (broad SMARTS) is 1. The van der Waals surface area contributed by atoms with Crippen molar-refractivity contribution >= 4 is 35.8 Å². The highest BCUT2D eigenvalue weighted by Gasteiger charge is 2.21. The first-order chi connectivity index (χ1) is 18.3. The minimum atomic E-state index is -0.967. The highest BCUT2D eigenvalue weighted by atomic mass is 16.4. The van der Waals surface area contributed by atoms with E-state index < -0.39 is 5.97 Å². The van der Waals surface area contributed by atoms with Crippen LogP contribution < -0.4 is 10.9 Å². The third-order valence-electron chi connectivity index (χ3n) is 7.02. The first-order valence-corrected chi connectivity index (χ1v) is 13.4. The number of aryl methyl sites for hydroxylation is 2. The molecule has 4 aromatic rings. The SMILES string of the molecule is CC.Cc1cc(C(C)[B]c2ccccc2C(=O)O)c2oc(-c3ccc4c(c3)CCCC=C4)c(C)c(=O)c2c1. The zero-order chi connectivity index (χ0) is 27.4. The minimum absolute atomic E-state index is 0.0378. The summed E-state index contributed by atoms with van der Waals surface area (Å²) >= 11 is 0. The lowest BCUT2D eigenvalue weighted by molar-refractivity contribution is 0.0698. The molecule has 0 fully saturated rings. The quantitative estimate of drug-likeness (QED) is 0.290. The van der Waals surface area contributed by atoms with Crippen molar-refractivity contribution in [2.24, 2.45) is 0 Å². The van der Waals surface area contributed by atoms with Crippen molar-refractivity contribution in [1.82, 2.24) is 0 Å². The minimum Gasteiger partial charge on any atom is -0.478 e. The first kappa shape index (κ1) is 27.2. The number of rotatable bonds is 5. The smallest absolute Gasteiger partial charge is 0.335 e. The monoisotopic (exact) mass is 505 g/mol. The molecule has 0 bridgehead atoms. The van der Waals surface area contributed by atoms with Gasteiger partial charge in [-0.1, -0.05) is 74.8 Å². The molecule has 193 valence electrons. The van der Waals surface area contributed by atoms with Crippen LogP contribution in [-0.4, -0.2) is 18.4 Å². The summed E-state index contributed by atoms with van der Waals surface area (Å²) < 4.78 is 6.55. The summed E-state index contributed by atoms with van der Waals surface area (Å²) in [5.74, 6) is -0.554. The van der Waals surface area contributed by atoms with E-state index in [-0.39, 0.29) is 16.8 Å². The number of carboxylic acids is 1. The van der Waals surface area contributed by atoms with E-state index in [1.807, 2.05) is 66.2 Å². The molecule has 0 saturated heterocycles. The van der Waals surface area contributed by atoms with Gasteiger partial charge in [0.2, 0.25) is 0 Å². The number of hydrogen-bond acceptors (Lipinski definition) is 3. The Kier molecular flexibility index (Phi) is 8.36. The Balaban J connectivity index is 0.00000164. The van der Waals surface area contributed by atoms with Gasteiger partial charge in [-0.05, 0) is 79.4 Å². The molecule has 1 aromatic heterocycles. The molecule has 1 unspecified atom stereocenters. The van der Waals surface area contributed by atoms with Gasteiger partial charge in [0.25, 0.3) is 0 Å². The zero-order valence-electron chi connectivity index (χ0n) is 22.8. The van der Waals surface area contributed by atoms with Crippen molar-refractivity contribution in [2.45, 2.75) is 59.7 Å². The van der Waals surface area contributed by atoms with Gasteiger partial charge < -0.3 is 9.52 Å². The zero-order valence-corrected chi connectivity index (χ0v) is 22.8. The average Bonchev–Trinajstić information content (AvgIpc) is 3.17. The first-order valence-electron chi connectivity index (χ1n) is 13.4. The highest BCUT2D eigenvalue weighted by molar-refractivity contribution is 6.57. The standard InChI is InChI=1S/C31H28BO4.C2H6/c1-18-15-25(20(3)32-27-12-8-7-11-24(27)31(34)35)30-26(16-18)28(33)19(2)29(36-30)23-14-13-21-9-5-4-6-10-22(21)17-23;1-2/h5,7-9,11-17,20H,4,6,10H2,1-3H3,(H,34,35);1-2H3. The van der Waals surface area contributed by atoms with Crippen molar-refractivity contribution in [3.8, 4) is 11.3 Å². The van der Waals surface area contributed by atoms with Gasteiger partial charge in [-0.25, -0.2) is 4.79 Å². The van der Waals surface area contributed by atoms with Gasteiger partial charge in [0.1, 0.15) is 11.3 Å². The summed E-state index contributed by atoms with van der Waals surface area (Å²) in [4.78, 5) is 25.3. The molecule has 3 aromatic carbocycles. The van der Waals surface area contributed by atoms with E-state index in [1.165, 1.54) is 11.1 Å². The third-order valence-corrected chi connectivity index (χ3v) is 7.02. The van der Waals surface area contributed by atoms with Crippen LogP contribution >= 0.6 is 0 Å². The van der Waals surface area contributed by atoms with E-state index in [9.17, 15) is 14.7 Å². The van der Waals surface area contributed by atoms with Gasteiger partial charge in [0, 0.05) is 11.1 Å². The fourth-order valence-electron chi connectivity index (χ4n) is 5.12. The molecular formula is C33H34BO4. The molecular weight excluding hydrogens is 471 g/mol. The molecule has 1 atom stereocenters. The molecule has 0 saturated carbocycles. The van der Waals surface area contributed by atoms with Crippen LogP contribution in [0, 0.1) is 13.8 Å². The Labute approximate surface area is 225 Å². The predicted molar refractivity (Wildman–Crippen MR) is 158 cm³/mol. The summed E-state index contributed by atoms with van der Waals surface area (Å²) in [5.41, 5.74) is 7.20. The van der Waals surface area contributed by atoms with Crippen LogP contribution in [0.4, 0.5) is 0 Å². The van der Waals surface area contributed by atoms with Gasteiger partial charge >= 0.3 is 5.97 Å². The van der Waals surface area contributed by atoms with Crippen molar-refractivity contribution in [3.63, 3.8) is 0 Å². The molecule has 5 heteroatoms. The second kappa shape index (κ2) is 11.7. The van der Waals surface area contributed by atoms with E-state index in [0.29, 0.717) is 27.8 Å². The highest BCUT2D eigenvalue weighted by Crippen LogP contribution is 2.33. The van der Waals surface area contributed by atoms with Crippen molar-refractivity contribution in [1.29, 1.82) is 0 Å². The fraction of sp³-hybridized carbons (Fsp3) is 0.273. The Bertz CT molecular complexity index is 1580. The molecule has 1 radical (unpaired) electrons. The van der Waals surface area contributed by atoms with Crippen LogP contribution in [0.3, 0.4) is 0 Å². The second-order valence-corrected chi connectivity index (χ2v) is 9.67. The van der Waals surface area contributed by atoms with E-state index >= 15 is 0 Å². The molecule has 1 N–H and O–H groups in total. The normalized spacial score (nSPS) is 13.2. The summed E-state index contributed by atoms with van der Waals surface area (Å²) in [7, 11) is 1.92. The number of fused-ring (bicyclic) bond motifs is 2. The molecule has 0 spiro atoms. The summed E-state index contributed by atoms with van der Waals surface area (Å²) in [6.07, 6.45) is 7.54.